The second-order valence-electron chi connectivity index (χ2n) is 6.27. The predicted molar refractivity (Wildman–Crippen MR) is 75.2 cm³/mol. The number of methoxy groups -OCH3 is 1. The number of hydrogen-bond acceptors (Lipinski definition) is 3. The van der Waals surface area contributed by atoms with Crippen LogP contribution in [0.15, 0.2) is 0 Å². The van der Waals surface area contributed by atoms with Crippen molar-refractivity contribution in [2.24, 2.45) is 5.92 Å². The van der Waals surface area contributed by atoms with Crippen LogP contribution < -0.4 is 0 Å². The van der Waals surface area contributed by atoms with E-state index in [0.29, 0.717) is 17.4 Å². The molecule has 18 heavy (non-hydrogen) atoms. The summed E-state index contributed by atoms with van der Waals surface area (Å²) in [5.41, 5.74) is 0.922. The lowest BCUT2D eigenvalue weighted by atomic mass is 10.3. The van der Waals surface area contributed by atoms with Gasteiger partial charge in [0, 0.05) is 26.6 Å². The molecule has 4 heteroatoms. The second-order valence-corrected chi connectivity index (χ2v) is 10.7. The first-order valence-electron chi connectivity index (χ1n) is 7.41. The van der Waals surface area contributed by atoms with Crippen LogP contribution in [-0.2, 0) is 14.2 Å². The van der Waals surface area contributed by atoms with Gasteiger partial charge >= 0.3 is 0 Å². The van der Waals surface area contributed by atoms with Crippen LogP contribution in [0.3, 0.4) is 0 Å². The summed E-state index contributed by atoms with van der Waals surface area (Å²) in [4.78, 5) is 0. The van der Waals surface area contributed by atoms with E-state index < -0.39 is 8.07 Å². The normalized spacial score (nSPS) is 32.0. The molecule has 2 aliphatic rings. The smallest absolute Gasteiger partial charge is 0.148 e. The summed E-state index contributed by atoms with van der Waals surface area (Å²) in [6, 6.07) is 1.27. The average molecular weight is 272 g/mol. The Balaban J connectivity index is 2.19. The Morgan fingerprint density at radius 3 is 2.00 bits per heavy atom. The van der Waals surface area contributed by atoms with Crippen molar-refractivity contribution in [1.82, 2.24) is 0 Å². The van der Waals surface area contributed by atoms with Crippen molar-refractivity contribution in [2.45, 2.75) is 57.0 Å². The third-order valence-corrected chi connectivity index (χ3v) is 10.2. The zero-order chi connectivity index (χ0) is 13.0. The summed E-state index contributed by atoms with van der Waals surface area (Å²) in [5.74, 6) is 0.709. The van der Waals surface area contributed by atoms with Gasteiger partial charge in [0.15, 0.2) is 0 Å². The van der Waals surface area contributed by atoms with Crippen LogP contribution in [0.25, 0.3) is 0 Å². The van der Waals surface area contributed by atoms with Crippen molar-refractivity contribution >= 4 is 8.07 Å². The van der Waals surface area contributed by atoms with Crippen LogP contribution in [0.1, 0.15) is 39.5 Å². The first kappa shape index (κ1) is 14.5. The Kier molecular flexibility index (Phi) is 5.24. The third-order valence-electron chi connectivity index (χ3n) is 4.34. The van der Waals surface area contributed by atoms with Gasteiger partial charge in [0.05, 0.1) is 11.5 Å². The number of rotatable bonds is 6. The molecule has 2 saturated heterocycles. The lowest BCUT2D eigenvalue weighted by molar-refractivity contribution is 0.111. The highest BCUT2D eigenvalue weighted by atomic mass is 28.3. The summed E-state index contributed by atoms with van der Waals surface area (Å²) in [6.45, 7) is 6.52. The van der Waals surface area contributed by atoms with Crippen LogP contribution in [0.5, 0.6) is 0 Å². The molecule has 2 unspecified atom stereocenters. The summed E-state index contributed by atoms with van der Waals surface area (Å²) >= 11 is 0. The molecule has 106 valence electrons. The van der Waals surface area contributed by atoms with E-state index in [0.717, 1.165) is 19.4 Å². The van der Waals surface area contributed by atoms with Gasteiger partial charge in [-0.05, 0) is 37.6 Å². The lowest BCUT2D eigenvalue weighted by Gasteiger charge is -2.41. The molecule has 0 saturated carbocycles. The molecule has 2 rings (SSSR count). The molecular weight excluding hydrogens is 244 g/mol. The molecule has 0 aliphatic carbocycles. The van der Waals surface area contributed by atoms with E-state index in [4.69, 9.17) is 14.2 Å². The Labute approximate surface area is 112 Å². The van der Waals surface area contributed by atoms with Crippen molar-refractivity contribution in [3.05, 3.63) is 0 Å². The molecule has 2 fully saturated rings. The van der Waals surface area contributed by atoms with E-state index in [1.54, 1.807) is 0 Å². The fraction of sp³-hybridized carbons (Fsp3) is 1.00. The molecule has 0 aromatic carbocycles. The van der Waals surface area contributed by atoms with Gasteiger partial charge in [-0.3, -0.25) is 0 Å². The summed E-state index contributed by atoms with van der Waals surface area (Å²) in [5, 5.41) is 0. The topological polar surface area (TPSA) is 27.7 Å². The van der Waals surface area contributed by atoms with Crippen molar-refractivity contribution in [1.29, 1.82) is 0 Å². The maximum Gasteiger partial charge on any atom is 0.148 e. The maximum atomic E-state index is 6.09. The van der Waals surface area contributed by atoms with Crippen molar-refractivity contribution < 1.29 is 14.2 Å². The van der Waals surface area contributed by atoms with Gasteiger partial charge in [0.25, 0.3) is 0 Å². The van der Waals surface area contributed by atoms with Crippen molar-refractivity contribution in [3.8, 4) is 0 Å². The third kappa shape index (κ3) is 2.98. The van der Waals surface area contributed by atoms with E-state index in [2.05, 4.69) is 13.8 Å². The summed E-state index contributed by atoms with van der Waals surface area (Å²) in [6.07, 6.45) is 5.78. The molecule has 0 spiro atoms. The minimum Gasteiger partial charge on any atom is -0.388 e. The van der Waals surface area contributed by atoms with E-state index >= 15 is 0 Å². The largest absolute Gasteiger partial charge is 0.388 e. The second kappa shape index (κ2) is 6.50. The zero-order valence-electron chi connectivity index (χ0n) is 12.1. The van der Waals surface area contributed by atoms with Gasteiger partial charge < -0.3 is 14.2 Å². The molecule has 0 amide bonds. The molecule has 0 aromatic heterocycles. The number of ether oxygens (including phenoxy) is 3. The summed E-state index contributed by atoms with van der Waals surface area (Å²) < 4.78 is 17.8. The molecule has 2 atom stereocenters. The van der Waals surface area contributed by atoms with E-state index in [-0.39, 0.29) is 0 Å². The monoisotopic (exact) mass is 272 g/mol. The molecule has 0 radical (unpaired) electrons. The zero-order valence-corrected chi connectivity index (χ0v) is 13.1. The summed E-state index contributed by atoms with van der Waals surface area (Å²) in [7, 11) is 0.180. The van der Waals surface area contributed by atoms with Crippen LogP contribution >= 0.6 is 0 Å². The van der Waals surface area contributed by atoms with E-state index in [9.17, 15) is 0 Å². The Hall–Kier alpha value is 0.0969. The van der Waals surface area contributed by atoms with E-state index in [1.165, 1.54) is 31.7 Å². The first-order valence-corrected chi connectivity index (χ1v) is 9.98. The van der Waals surface area contributed by atoms with Gasteiger partial charge in [-0.15, -0.1) is 0 Å². The van der Waals surface area contributed by atoms with Gasteiger partial charge in [-0.25, -0.2) is 0 Å². The molecule has 0 N–H and O–H groups in total. The molecule has 2 heterocycles. The predicted octanol–water partition coefficient (Wildman–Crippen LogP) is 2.71. The van der Waals surface area contributed by atoms with Gasteiger partial charge in [0.2, 0.25) is 0 Å². The van der Waals surface area contributed by atoms with Crippen LogP contribution in [0.2, 0.25) is 6.04 Å². The average Bonchev–Trinajstić information content (AvgIpc) is 3.02. The fourth-order valence-electron chi connectivity index (χ4n) is 3.81. The quantitative estimate of drug-likeness (QED) is 0.696. The Bertz CT molecular complexity index is 229. The minimum atomic E-state index is -1.66. The molecule has 3 nitrogen and oxygen atoms in total. The Morgan fingerprint density at radius 2 is 1.67 bits per heavy atom. The number of hydrogen-bond donors (Lipinski definition) is 0. The minimum absolute atomic E-state index is 0.461. The molecular formula is C14H28O3Si. The molecule has 2 aliphatic heterocycles. The van der Waals surface area contributed by atoms with Crippen molar-refractivity contribution in [3.63, 3.8) is 0 Å². The highest BCUT2D eigenvalue weighted by Crippen LogP contribution is 2.36. The highest BCUT2D eigenvalue weighted by molar-refractivity contribution is 6.82. The SMILES string of the molecule is COC[Si](CC(C)C)(C1CCCO1)C1CCCO1. The Morgan fingerprint density at radius 1 is 1.11 bits per heavy atom. The van der Waals surface area contributed by atoms with Crippen molar-refractivity contribution in [2.75, 3.05) is 26.6 Å². The van der Waals surface area contributed by atoms with Gasteiger partial charge in [-0.1, -0.05) is 13.8 Å². The standard InChI is InChI=1S/C14H28O3Si/c1-12(2)10-18(11-15-3,13-6-4-8-16-13)14-7-5-9-17-14/h12-14H,4-11H2,1-3H3. The lowest BCUT2D eigenvalue weighted by Crippen LogP contribution is -2.61. The van der Waals surface area contributed by atoms with Crippen LogP contribution in [0, 0.1) is 5.92 Å². The van der Waals surface area contributed by atoms with Crippen LogP contribution in [0.4, 0.5) is 0 Å². The highest BCUT2D eigenvalue weighted by Gasteiger charge is 2.51. The van der Waals surface area contributed by atoms with Crippen LogP contribution in [-0.4, -0.2) is 46.1 Å². The van der Waals surface area contributed by atoms with Gasteiger partial charge in [0.1, 0.15) is 8.07 Å². The fourth-order valence-corrected chi connectivity index (χ4v) is 9.75. The van der Waals surface area contributed by atoms with E-state index in [1.807, 2.05) is 7.11 Å². The maximum absolute atomic E-state index is 6.09. The first-order chi connectivity index (χ1) is 8.69. The molecule has 0 aromatic rings. The molecule has 0 bridgehead atoms. The van der Waals surface area contributed by atoms with Gasteiger partial charge in [-0.2, -0.15) is 0 Å².